The molecular weight excluding hydrogens is 1060 g/mol. The van der Waals surface area contributed by atoms with E-state index in [1.807, 2.05) is 261 Å². The summed E-state index contributed by atoms with van der Waals surface area (Å²) in [5.74, 6) is 0. The van der Waals surface area contributed by atoms with Gasteiger partial charge in [0, 0.05) is 64.0 Å². The molecule has 1 atom stereocenters. The predicted molar refractivity (Wildman–Crippen MR) is 341 cm³/mol. The molecule has 0 radical (unpaired) electrons. The highest BCUT2D eigenvalue weighted by Crippen LogP contribution is 2.67. The van der Waals surface area contributed by atoms with Crippen molar-refractivity contribution in [1.29, 1.82) is 0 Å². The molecule has 11 aromatic rings. The lowest BCUT2D eigenvalue weighted by Crippen LogP contribution is -2.33. The van der Waals surface area contributed by atoms with E-state index in [1.165, 1.54) is 0 Å². The summed E-state index contributed by atoms with van der Waals surface area (Å²) in [7, 11) is -14.3. The van der Waals surface area contributed by atoms with Gasteiger partial charge in [0.25, 0.3) is 0 Å². The molecule has 0 aromatic heterocycles. The second-order valence-electron chi connectivity index (χ2n) is 21.1. The number of rotatable bonds is 12. The highest BCUT2D eigenvalue weighted by Gasteiger charge is 2.56. The van der Waals surface area contributed by atoms with Gasteiger partial charge in [-0.1, -0.05) is 291 Å². The van der Waals surface area contributed by atoms with Crippen molar-refractivity contribution in [3.63, 3.8) is 0 Å². The molecule has 0 amide bonds. The van der Waals surface area contributed by atoms with Gasteiger partial charge in [0.2, 0.25) is 0 Å². The topological polar surface area (TPSA) is 68.3 Å². The Kier molecular flexibility index (Phi) is 12.7. The number of fused-ring (bicyclic) bond motifs is 10. The molecule has 11 aromatic carbocycles. The summed E-state index contributed by atoms with van der Waals surface area (Å²) >= 11 is 0. The Morgan fingerprint density at radius 3 is 0.840 bits per heavy atom. The standard InChI is InChI=1S/C73H54O4P4/c74-78(53-25-9-1-10-26-53,54-27-11-2-12-28-54)61-41-45-65-66-46-42-62(79(75,55-29-13-3-14-30-55)56-31-15-4-16-32-56)50-70(66)73(69(65)49-61)71-51-63(80(76,57-33-17-5-18-34-57)58-35-19-6-20-36-58)43-47-67(71)68-48-44-64(52-72(68)73)81(77,59-37-21-7-22-38-59)60-39-23-8-24-40-60/h1-43,45-52,64H,44H2. The lowest BCUT2D eigenvalue weighted by Gasteiger charge is -2.36. The van der Waals surface area contributed by atoms with Crippen LogP contribution in [-0.4, -0.2) is 5.66 Å². The number of benzene rings is 11. The van der Waals surface area contributed by atoms with Gasteiger partial charge in [-0.25, -0.2) is 0 Å². The fourth-order valence-corrected chi connectivity index (χ4v) is 24.3. The van der Waals surface area contributed by atoms with Gasteiger partial charge in [-0.2, -0.15) is 0 Å². The third kappa shape index (κ3) is 7.80. The predicted octanol–water partition coefficient (Wildman–Crippen LogP) is 13.0. The van der Waals surface area contributed by atoms with E-state index in [-0.39, 0.29) is 0 Å². The van der Waals surface area contributed by atoms with Crippen LogP contribution < -0.4 is 58.3 Å². The van der Waals surface area contributed by atoms with Gasteiger partial charge in [-0.3, -0.25) is 0 Å². The van der Waals surface area contributed by atoms with Crippen molar-refractivity contribution in [1.82, 2.24) is 0 Å². The number of hydrogen-bond donors (Lipinski definition) is 0. The Hall–Kier alpha value is -8.18. The molecule has 1 spiro atoms. The fourth-order valence-electron chi connectivity index (χ4n) is 13.2. The van der Waals surface area contributed by atoms with Crippen molar-refractivity contribution in [2.75, 3.05) is 0 Å². The van der Waals surface area contributed by atoms with Crippen LogP contribution in [0.15, 0.2) is 315 Å². The van der Waals surface area contributed by atoms with Crippen molar-refractivity contribution in [2.45, 2.75) is 17.5 Å². The second-order valence-corrected chi connectivity index (χ2v) is 32.4. The first-order valence-corrected chi connectivity index (χ1v) is 34.3. The van der Waals surface area contributed by atoms with Crippen LogP contribution in [0.5, 0.6) is 0 Å². The highest BCUT2D eigenvalue weighted by atomic mass is 31.2. The smallest absolute Gasteiger partial charge is 0.171 e. The van der Waals surface area contributed by atoms with E-state index in [0.29, 0.717) is 54.2 Å². The summed E-state index contributed by atoms with van der Waals surface area (Å²) in [5.41, 5.74) is 5.73. The Bertz CT molecular complexity index is 4150. The molecule has 1 unspecified atom stereocenters. The van der Waals surface area contributed by atoms with Gasteiger partial charge >= 0.3 is 0 Å². The van der Waals surface area contributed by atoms with Crippen LogP contribution in [0.25, 0.3) is 16.7 Å². The summed E-state index contributed by atoms with van der Waals surface area (Å²) < 4.78 is 67.2. The molecule has 3 aliphatic carbocycles. The number of hydrogen-bond acceptors (Lipinski definition) is 4. The van der Waals surface area contributed by atoms with E-state index in [4.69, 9.17) is 0 Å². The number of allylic oxidation sites excluding steroid dienone is 4. The van der Waals surface area contributed by atoms with Gasteiger partial charge in [-0.15, -0.1) is 0 Å². The van der Waals surface area contributed by atoms with E-state index in [2.05, 4.69) is 48.6 Å². The second kappa shape index (κ2) is 20.1. The third-order valence-electron chi connectivity index (χ3n) is 17.0. The van der Waals surface area contributed by atoms with Crippen LogP contribution in [-0.2, 0) is 23.7 Å². The molecule has 81 heavy (non-hydrogen) atoms. The van der Waals surface area contributed by atoms with E-state index in [0.717, 1.165) is 55.1 Å². The summed E-state index contributed by atoms with van der Waals surface area (Å²) in [6, 6.07) is 97.5. The first kappa shape index (κ1) is 51.0. The Balaban J connectivity index is 1.13. The largest absolute Gasteiger partial charge is 0.313 e. The van der Waals surface area contributed by atoms with Crippen LogP contribution in [0, 0.1) is 0 Å². The Morgan fingerprint density at radius 2 is 0.543 bits per heavy atom. The van der Waals surface area contributed by atoms with Crippen LogP contribution in [0.1, 0.15) is 28.7 Å². The molecule has 390 valence electrons. The lowest BCUT2D eigenvalue weighted by molar-refractivity contribution is 0.581. The molecule has 0 aliphatic heterocycles. The van der Waals surface area contributed by atoms with Gasteiger partial charge in [-0.05, 0) is 69.1 Å². The zero-order chi connectivity index (χ0) is 54.8. The van der Waals surface area contributed by atoms with Crippen molar-refractivity contribution >= 4 is 92.5 Å². The normalized spacial score (nSPS) is 15.2. The first-order chi connectivity index (χ1) is 39.7. The van der Waals surface area contributed by atoms with Crippen LogP contribution >= 0.6 is 28.6 Å². The van der Waals surface area contributed by atoms with Crippen molar-refractivity contribution in [3.05, 3.63) is 337 Å². The fraction of sp³-hybridized carbons (Fsp3) is 0.0411. The van der Waals surface area contributed by atoms with Gasteiger partial charge < -0.3 is 18.3 Å². The summed E-state index contributed by atoms with van der Waals surface area (Å²) in [5, 5.41) is 7.76. The maximum Gasteiger partial charge on any atom is 0.171 e. The molecule has 0 N–H and O–H groups in total. The SMILES string of the molecule is O=P(c1ccccc1)(c1ccccc1)c1ccc2c(c1)C1(C3=CC(P(=O)(c4ccccc4)c4ccccc4)CC=C32)c2cc(P(=O)(c3ccccc3)c3ccccc3)ccc2-c2ccc(P(=O)(c3ccccc3)c3ccccc3)cc21. The van der Waals surface area contributed by atoms with E-state index < -0.39 is 39.6 Å². The molecule has 0 heterocycles. The van der Waals surface area contributed by atoms with Crippen LogP contribution in [0.4, 0.5) is 0 Å². The first-order valence-electron chi connectivity index (χ1n) is 27.4. The minimum absolute atomic E-state index is 0.484. The quantitative estimate of drug-likeness (QED) is 0.114. The molecule has 0 fully saturated rings. The minimum Gasteiger partial charge on any atom is -0.313 e. The van der Waals surface area contributed by atoms with E-state index in [1.54, 1.807) is 0 Å². The van der Waals surface area contributed by atoms with Crippen LogP contribution in [0.3, 0.4) is 0 Å². The molecule has 8 heteroatoms. The molecule has 4 nitrogen and oxygen atoms in total. The molecule has 0 saturated carbocycles. The molecule has 3 aliphatic rings. The van der Waals surface area contributed by atoms with Gasteiger partial charge in [0.05, 0.1) is 5.41 Å². The minimum atomic E-state index is -3.60. The molecule has 14 rings (SSSR count). The van der Waals surface area contributed by atoms with Crippen molar-refractivity contribution in [2.24, 2.45) is 0 Å². The summed E-state index contributed by atoms with van der Waals surface area (Å²) in [4.78, 5) is 0. The zero-order valence-electron chi connectivity index (χ0n) is 44.2. The average Bonchev–Trinajstić information content (AvgIpc) is 4.24. The van der Waals surface area contributed by atoms with Crippen LogP contribution in [0.2, 0.25) is 0 Å². The monoisotopic (exact) mass is 1120 g/mol. The maximum absolute atomic E-state index is 16.8. The highest BCUT2D eigenvalue weighted by molar-refractivity contribution is 7.86. The molecule has 0 saturated heterocycles. The maximum atomic E-state index is 16.8. The van der Waals surface area contributed by atoms with E-state index >= 15 is 18.3 Å². The summed E-state index contributed by atoms with van der Waals surface area (Å²) in [6.07, 6.45) is 5.06. The van der Waals surface area contributed by atoms with Gasteiger partial charge in [0.15, 0.2) is 21.4 Å². The lowest BCUT2D eigenvalue weighted by atomic mass is 9.69. The Labute approximate surface area is 473 Å². The van der Waals surface area contributed by atoms with Crippen molar-refractivity contribution < 1.29 is 18.3 Å². The summed E-state index contributed by atoms with van der Waals surface area (Å²) in [6.45, 7) is 0. The Morgan fingerprint density at radius 1 is 0.284 bits per heavy atom. The van der Waals surface area contributed by atoms with E-state index in [9.17, 15) is 0 Å². The van der Waals surface area contributed by atoms with Gasteiger partial charge in [0.1, 0.15) is 7.14 Å². The molecule has 0 bridgehead atoms. The third-order valence-corrected chi connectivity index (χ3v) is 29.6. The zero-order valence-corrected chi connectivity index (χ0v) is 47.7. The van der Waals surface area contributed by atoms with Crippen molar-refractivity contribution in [3.8, 4) is 11.1 Å². The molecular formula is C73H54O4P4. The average molecular weight is 1120 g/mol.